The fourth-order valence-electron chi connectivity index (χ4n) is 2.62. The maximum absolute atomic E-state index is 12.4. The summed E-state index contributed by atoms with van der Waals surface area (Å²) in [6.45, 7) is 0. The first kappa shape index (κ1) is 12.1. The molecule has 0 atom stereocenters. The monoisotopic (exact) mass is 278 g/mol. The van der Waals surface area contributed by atoms with E-state index in [1.807, 2.05) is 36.5 Å². The van der Waals surface area contributed by atoms with Crippen LogP contribution >= 0.6 is 0 Å². The lowest BCUT2D eigenvalue weighted by molar-refractivity contribution is 0.0891. The third-order valence-corrected chi connectivity index (χ3v) is 3.83. The molecule has 0 radical (unpaired) electrons. The topological polar surface area (TPSA) is 73.8 Å². The molecule has 1 aliphatic carbocycles. The summed E-state index contributed by atoms with van der Waals surface area (Å²) in [4.78, 5) is 20.6. The van der Waals surface area contributed by atoms with E-state index in [2.05, 4.69) is 9.97 Å². The average Bonchev–Trinajstić information content (AvgIpc) is 3.27. The quantitative estimate of drug-likeness (QED) is 0.782. The van der Waals surface area contributed by atoms with E-state index >= 15 is 0 Å². The predicted octanol–water partition coefficient (Wildman–Crippen LogP) is 2.73. The van der Waals surface area contributed by atoms with Gasteiger partial charge in [-0.3, -0.25) is 9.36 Å². The molecule has 4 rings (SSSR count). The van der Waals surface area contributed by atoms with Crippen LogP contribution in [0.3, 0.4) is 0 Å². The second-order valence-electron chi connectivity index (χ2n) is 5.34. The lowest BCUT2D eigenvalue weighted by Crippen LogP contribution is -2.10. The van der Waals surface area contributed by atoms with E-state index in [0.29, 0.717) is 0 Å². The van der Waals surface area contributed by atoms with Gasteiger partial charge in [0, 0.05) is 29.3 Å². The Hall–Kier alpha value is -2.69. The number of hydrogen-bond donors (Lipinski definition) is 1. The van der Waals surface area contributed by atoms with Crippen LogP contribution in [-0.2, 0) is 0 Å². The number of para-hydroxylation sites is 1. The highest BCUT2D eigenvalue weighted by atomic mass is 16.2. The summed E-state index contributed by atoms with van der Waals surface area (Å²) in [5.41, 5.74) is 8.23. The van der Waals surface area contributed by atoms with Gasteiger partial charge in [0.25, 0.3) is 0 Å². The van der Waals surface area contributed by atoms with Crippen molar-refractivity contribution in [2.24, 2.45) is 5.92 Å². The summed E-state index contributed by atoms with van der Waals surface area (Å²) in [5.74, 6) is 0.571. The first-order valence-corrected chi connectivity index (χ1v) is 6.97. The van der Waals surface area contributed by atoms with Gasteiger partial charge in [0.1, 0.15) is 0 Å². The van der Waals surface area contributed by atoms with Gasteiger partial charge in [-0.1, -0.05) is 18.2 Å². The van der Waals surface area contributed by atoms with Crippen molar-refractivity contribution in [2.75, 3.05) is 5.73 Å². The Morgan fingerprint density at radius 3 is 2.81 bits per heavy atom. The number of nitrogens with two attached hydrogens (primary N) is 1. The Labute approximate surface area is 121 Å². The molecule has 0 bridgehead atoms. The summed E-state index contributed by atoms with van der Waals surface area (Å²) in [7, 11) is 0. The molecule has 0 spiro atoms. The smallest absolute Gasteiger partial charge is 0.234 e. The molecule has 0 amide bonds. The largest absolute Gasteiger partial charge is 0.368 e. The summed E-state index contributed by atoms with van der Waals surface area (Å²) in [6.07, 6.45) is 5.47. The summed E-state index contributed by atoms with van der Waals surface area (Å²) < 4.78 is 1.75. The van der Waals surface area contributed by atoms with E-state index in [-0.39, 0.29) is 17.8 Å². The van der Waals surface area contributed by atoms with Crippen molar-refractivity contribution >= 4 is 22.8 Å². The molecule has 5 nitrogen and oxygen atoms in total. The number of anilines is 1. The van der Waals surface area contributed by atoms with Crippen LogP contribution in [0.1, 0.15) is 17.6 Å². The van der Waals surface area contributed by atoms with Gasteiger partial charge in [-0.15, -0.1) is 0 Å². The Bertz CT molecular complexity index is 848. The third kappa shape index (κ3) is 1.98. The number of carbonyl (C=O) groups excluding carboxylic acids is 1. The van der Waals surface area contributed by atoms with Crippen LogP contribution in [0.2, 0.25) is 0 Å². The van der Waals surface area contributed by atoms with Crippen molar-refractivity contribution in [2.45, 2.75) is 12.8 Å². The number of aromatic nitrogens is 3. The Morgan fingerprint density at radius 1 is 1.24 bits per heavy atom. The number of nitrogen functional groups attached to an aromatic ring is 1. The highest BCUT2D eigenvalue weighted by molar-refractivity contribution is 6.02. The normalized spacial score (nSPS) is 14.5. The van der Waals surface area contributed by atoms with Crippen LogP contribution in [0.5, 0.6) is 0 Å². The zero-order valence-electron chi connectivity index (χ0n) is 11.4. The molecule has 5 heteroatoms. The average molecular weight is 278 g/mol. The summed E-state index contributed by atoms with van der Waals surface area (Å²) >= 11 is 0. The van der Waals surface area contributed by atoms with Gasteiger partial charge in [0.15, 0.2) is 0 Å². The summed E-state index contributed by atoms with van der Waals surface area (Å²) in [5, 5.41) is 1.00. The maximum atomic E-state index is 12.4. The van der Waals surface area contributed by atoms with Gasteiger partial charge < -0.3 is 5.73 Å². The number of hydrogen-bond acceptors (Lipinski definition) is 4. The minimum absolute atomic E-state index is 0.166. The summed E-state index contributed by atoms with van der Waals surface area (Å²) in [6, 6.07) is 9.67. The van der Waals surface area contributed by atoms with Crippen LogP contribution in [0.4, 0.5) is 5.95 Å². The number of rotatable bonds is 2. The molecule has 2 aromatic heterocycles. The molecule has 0 aliphatic heterocycles. The molecular weight excluding hydrogens is 264 g/mol. The Balaban J connectivity index is 1.95. The van der Waals surface area contributed by atoms with E-state index in [9.17, 15) is 4.79 Å². The molecule has 2 heterocycles. The Morgan fingerprint density at radius 2 is 2.05 bits per heavy atom. The van der Waals surface area contributed by atoms with Gasteiger partial charge in [-0.2, -0.15) is 0 Å². The number of benzene rings is 1. The molecule has 104 valence electrons. The fraction of sp³-hybridized carbons (Fsp3) is 0.188. The second kappa shape index (κ2) is 4.41. The van der Waals surface area contributed by atoms with Crippen molar-refractivity contribution < 1.29 is 4.79 Å². The second-order valence-corrected chi connectivity index (χ2v) is 5.34. The van der Waals surface area contributed by atoms with Crippen LogP contribution in [0, 0.1) is 5.92 Å². The van der Waals surface area contributed by atoms with E-state index in [1.165, 1.54) is 0 Å². The van der Waals surface area contributed by atoms with Crippen molar-refractivity contribution in [3.8, 4) is 11.3 Å². The van der Waals surface area contributed by atoms with E-state index < -0.39 is 0 Å². The Kier molecular flexibility index (Phi) is 2.54. The van der Waals surface area contributed by atoms with Crippen LogP contribution < -0.4 is 5.73 Å². The zero-order valence-corrected chi connectivity index (χ0v) is 11.4. The third-order valence-electron chi connectivity index (χ3n) is 3.83. The van der Waals surface area contributed by atoms with E-state index in [0.717, 1.165) is 35.0 Å². The van der Waals surface area contributed by atoms with Crippen molar-refractivity contribution in [3.05, 3.63) is 42.7 Å². The van der Waals surface area contributed by atoms with Gasteiger partial charge in [-0.05, 0) is 25.0 Å². The number of nitrogens with zero attached hydrogens (tertiary/aromatic N) is 3. The van der Waals surface area contributed by atoms with Crippen LogP contribution in [0.15, 0.2) is 42.7 Å². The van der Waals surface area contributed by atoms with Gasteiger partial charge in [0.05, 0.1) is 11.2 Å². The molecular formula is C16H14N4O. The standard InChI is InChI=1S/C16H14N4O/c17-16-18-8-7-13(19-16)12-9-20(15(21)10-5-6-10)14-4-2-1-3-11(12)14/h1-4,7-10H,5-6H2,(H2,17,18,19). The van der Waals surface area contributed by atoms with Crippen LogP contribution in [-0.4, -0.2) is 20.4 Å². The SMILES string of the molecule is Nc1nccc(-c2cn(C(=O)C3CC3)c3ccccc23)n1. The first-order chi connectivity index (χ1) is 10.2. The molecule has 2 N–H and O–H groups in total. The van der Waals surface area contributed by atoms with E-state index in [4.69, 9.17) is 5.73 Å². The lowest BCUT2D eigenvalue weighted by Gasteiger charge is -2.01. The van der Waals surface area contributed by atoms with Crippen molar-refractivity contribution in [1.29, 1.82) is 0 Å². The van der Waals surface area contributed by atoms with Gasteiger partial charge in [-0.25, -0.2) is 9.97 Å². The molecule has 1 fully saturated rings. The minimum atomic E-state index is 0.166. The highest BCUT2D eigenvalue weighted by Crippen LogP contribution is 2.35. The molecule has 1 aromatic carbocycles. The molecule has 1 aliphatic rings. The zero-order chi connectivity index (χ0) is 14.4. The van der Waals surface area contributed by atoms with E-state index in [1.54, 1.807) is 10.8 Å². The van der Waals surface area contributed by atoms with Crippen LogP contribution in [0.25, 0.3) is 22.2 Å². The van der Waals surface area contributed by atoms with Gasteiger partial charge in [0.2, 0.25) is 11.9 Å². The molecule has 0 saturated heterocycles. The molecule has 1 saturated carbocycles. The van der Waals surface area contributed by atoms with Gasteiger partial charge >= 0.3 is 0 Å². The molecule has 21 heavy (non-hydrogen) atoms. The first-order valence-electron chi connectivity index (χ1n) is 6.97. The molecule has 3 aromatic rings. The number of fused-ring (bicyclic) bond motifs is 1. The number of carbonyl (C=O) groups is 1. The maximum Gasteiger partial charge on any atom is 0.234 e. The highest BCUT2D eigenvalue weighted by Gasteiger charge is 2.32. The molecule has 0 unspecified atom stereocenters. The lowest BCUT2D eigenvalue weighted by atomic mass is 10.1. The minimum Gasteiger partial charge on any atom is -0.368 e. The predicted molar refractivity (Wildman–Crippen MR) is 80.7 cm³/mol. The van der Waals surface area contributed by atoms with Crippen molar-refractivity contribution in [1.82, 2.24) is 14.5 Å². The fourth-order valence-corrected chi connectivity index (χ4v) is 2.62. The van der Waals surface area contributed by atoms with Crippen molar-refractivity contribution in [3.63, 3.8) is 0 Å².